The number of halogens is 1. The molecule has 2 aromatic rings. The Kier molecular flexibility index (Phi) is 20.2. The van der Waals surface area contributed by atoms with Crippen LogP contribution in [0, 0.1) is 7.14 Å². The number of hydrogen-bond donors (Lipinski definition) is 0. The van der Waals surface area contributed by atoms with Crippen LogP contribution in [0.1, 0.15) is 153 Å². The van der Waals surface area contributed by atoms with Gasteiger partial charge in [-0.1, -0.05) is 26.7 Å². The van der Waals surface area contributed by atoms with Crippen LogP contribution < -0.4 is 21.2 Å². The Balaban J connectivity index is 1.67. The summed E-state index contributed by atoms with van der Waals surface area (Å²) in [6.07, 6.45) is 30.9. The molecule has 0 fully saturated rings. The molecule has 0 saturated heterocycles. The number of benzene rings is 2. The van der Waals surface area contributed by atoms with Crippen molar-refractivity contribution in [3.8, 4) is 0 Å². The molecule has 0 amide bonds. The Labute approximate surface area is 242 Å². The monoisotopic (exact) mass is 617 g/mol. The zero-order valence-corrected chi connectivity index (χ0v) is 26.7. The van der Waals surface area contributed by atoms with Gasteiger partial charge in [0.25, 0.3) is 0 Å². The molecule has 37 heavy (non-hydrogen) atoms. The third-order valence-electron chi connectivity index (χ3n) is 7.72. The predicted molar refractivity (Wildman–Crippen MR) is 161 cm³/mol. The SMILES string of the molecule is CCCCCCCCCCCCc1ccccc1[I-]c1ccccc1CCCCCCCCCCCC. The van der Waals surface area contributed by atoms with Crippen molar-refractivity contribution in [1.29, 1.82) is 0 Å². The Morgan fingerprint density at radius 3 is 1.03 bits per heavy atom. The zero-order valence-electron chi connectivity index (χ0n) is 24.6. The first-order valence-electron chi connectivity index (χ1n) is 16.2. The summed E-state index contributed by atoms with van der Waals surface area (Å²) < 4.78 is 3.32. The Hall–Kier alpha value is -0.830. The van der Waals surface area contributed by atoms with Crippen molar-refractivity contribution in [1.82, 2.24) is 0 Å². The van der Waals surface area contributed by atoms with E-state index in [4.69, 9.17) is 0 Å². The van der Waals surface area contributed by atoms with Gasteiger partial charge in [0, 0.05) is 0 Å². The molecule has 0 spiro atoms. The van der Waals surface area contributed by atoms with Gasteiger partial charge in [-0.05, 0) is 0 Å². The van der Waals surface area contributed by atoms with Gasteiger partial charge in [0.2, 0.25) is 0 Å². The molecule has 0 aliphatic carbocycles. The fraction of sp³-hybridized carbons (Fsp3) is 0.667. The van der Waals surface area contributed by atoms with E-state index < -0.39 is 0 Å². The fourth-order valence-corrected chi connectivity index (χ4v) is 8.29. The van der Waals surface area contributed by atoms with Gasteiger partial charge in [-0.2, -0.15) is 0 Å². The number of aryl methyl sites for hydroxylation is 2. The summed E-state index contributed by atoms with van der Waals surface area (Å²) in [5.74, 6) is 0. The maximum absolute atomic E-state index is 2.43. The minimum absolute atomic E-state index is 0.0947. The van der Waals surface area contributed by atoms with Gasteiger partial charge in [0.05, 0.1) is 0 Å². The molecular formula is C36H58I-. The van der Waals surface area contributed by atoms with Gasteiger partial charge < -0.3 is 0 Å². The normalized spacial score (nSPS) is 11.4. The minimum atomic E-state index is -0.0947. The summed E-state index contributed by atoms with van der Waals surface area (Å²) in [6, 6.07) is 18.7. The molecule has 2 rings (SSSR count). The van der Waals surface area contributed by atoms with Crippen molar-refractivity contribution >= 4 is 0 Å². The van der Waals surface area contributed by atoms with Crippen LogP contribution in [0.25, 0.3) is 0 Å². The fourth-order valence-electron chi connectivity index (χ4n) is 5.30. The quantitative estimate of drug-likeness (QED) is 0.0817. The van der Waals surface area contributed by atoms with Gasteiger partial charge in [-0.15, -0.1) is 0 Å². The second-order valence-corrected chi connectivity index (χ2v) is 14.0. The Morgan fingerprint density at radius 1 is 0.378 bits per heavy atom. The molecule has 0 saturated carbocycles. The van der Waals surface area contributed by atoms with Gasteiger partial charge >= 0.3 is 216 Å². The second-order valence-electron chi connectivity index (χ2n) is 11.1. The number of unbranched alkanes of at least 4 members (excludes halogenated alkanes) is 18. The molecule has 0 nitrogen and oxygen atoms in total. The third kappa shape index (κ3) is 16.0. The standard InChI is InChI=1S/C36H58I/c1-3-5-7-9-11-13-15-17-19-21-27-33-29-23-25-31-35(33)37-36-32-26-24-30-34(36)28-22-20-18-16-14-12-10-8-6-4-2/h23-26,29-32H,3-22,27-28H2,1-2H3/q-1. The molecule has 0 unspecified atom stereocenters. The van der Waals surface area contributed by atoms with Gasteiger partial charge in [0.1, 0.15) is 0 Å². The van der Waals surface area contributed by atoms with Gasteiger partial charge in [-0.3, -0.25) is 0 Å². The first-order valence-corrected chi connectivity index (χ1v) is 18.3. The summed E-state index contributed by atoms with van der Waals surface area (Å²) in [6.45, 7) is 4.61. The number of rotatable bonds is 24. The Morgan fingerprint density at radius 2 is 0.676 bits per heavy atom. The van der Waals surface area contributed by atoms with Crippen LogP contribution in [0.2, 0.25) is 0 Å². The first-order chi connectivity index (χ1) is 18.3. The van der Waals surface area contributed by atoms with Crippen molar-refractivity contribution < 1.29 is 21.2 Å². The van der Waals surface area contributed by atoms with E-state index in [1.165, 1.54) is 141 Å². The van der Waals surface area contributed by atoms with Crippen molar-refractivity contribution in [2.45, 2.75) is 155 Å². The summed E-state index contributed by atoms with van der Waals surface area (Å²) in [5.41, 5.74) is 3.26. The van der Waals surface area contributed by atoms with E-state index in [9.17, 15) is 0 Å². The molecule has 0 aromatic heterocycles. The molecule has 210 valence electrons. The first kappa shape index (κ1) is 32.4. The van der Waals surface area contributed by atoms with Crippen molar-refractivity contribution in [3.63, 3.8) is 0 Å². The smallest absolute Gasteiger partial charge is 0.0654 e. The summed E-state index contributed by atoms with van der Waals surface area (Å²) in [4.78, 5) is 0. The van der Waals surface area contributed by atoms with E-state index in [0.29, 0.717) is 0 Å². The van der Waals surface area contributed by atoms with Crippen LogP contribution in [0.3, 0.4) is 0 Å². The molecule has 1 heteroatoms. The van der Waals surface area contributed by atoms with Crippen molar-refractivity contribution in [3.05, 3.63) is 66.8 Å². The molecule has 2 aromatic carbocycles. The molecule has 0 atom stereocenters. The molecular weight excluding hydrogens is 559 g/mol. The second kappa shape index (κ2) is 23.1. The van der Waals surface area contributed by atoms with Gasteiger partial charge in [-0.25, -0.2) is 0 Å². The summed E-state index contributed by atoms with van der Waals surface area (Å²) in [7, 11) is 0. The molecule has 0 aliphatic rings. The van der Waals surface area contributed by atoms with Crippen molar-refractivity contribution in [2.24, 2.45) is 0 Å². The minimum Gasteiger partial charge on any atom is -0.0654 e. The van der Waals surface area contributed by atoms with E-state index in [1.54, 1.807) is 18.3 Å². The molecule has 0 heterocycles. The van der Waals surface area contributed by atoms with E-state index in [1.807, 2.05) is 0 Å². The van der Waals surface area contributed by atoms with E-state index in [-0.39, 0.29) is 21.2 Å². The van der Waals surface area contributed by atoms with E-state index in [2.05, 4.69) is 62.4 Å². The van der Waals surface area contributed by atoms with Crippen LogP contribution in [-0.2, 0) is 12.8 Å². The molecule has 0 N–H and O–H groups in total. The molecule has 0 bridgehead atoms. The average molecular weight is 618 g/mol. The molecule has 0 aliphatic heterocycles. The topological polar surface area (TPSA) is 0 Å². The summed E-state index contributed by atoms with van der Waals surface area (Å²) in [5, 5.41) is 0. The van der Waals surface area contributed by atoms with Crippen LogP contribution >= 0.6 is 0 Å². The van der Waals surface area contributed by atoms with Crippen LogP contribution in [0.4, 0.5) is 0 Å². The number of hydrogen-bond acceptors (Lipinski definition) is 0. The van der Waals surface area contributed by atoms with Gasteiger partial charge in [0.15, 0.2) is 0 Å². The summed E-state index contributed by atoms with van der Waals surface area (Å²) >= 11 is -0.0947. The van der Waals surface area contributed by atoms with Crippen molar-refractivity contribution in [2.75, 3.05) is 0 Å². The van der Waals surface area contributed by atoms with Crippen LogP contribution in [0.5, 0.6) is 0 Å². The van der Waals surface area contributed by atoms with Crippen LogP contribution in [0.15, 0.2) is 48.5 Å². The van der Waals surface area contributed by atoms with Crippen LogP contribution in [-0.4, -0.2) is 0 Å². The predicted octanol–water partition coefficient (Wildman–Crippen LogP) is 8.74. The average Bonchev–Trinajstić information content (AvgIpc) is 2.92. The van der Waals surface area contributed by atoms with E-state index >= 15 is 0 Å². The third-order valence-corrected chi connectivity index (χ3v) is 11.0. The maximum atomic E-state index is 2.43. The van der Waals surface area contributed by atoms with E-state index in [0.717, 1.165) is 0 Å². The Bertz CT molecular complexity index is 714. The molecule has 0 radical (unpaired) electrons. The zero-order chi connectivity index (χ0) is 26.2.